The number of nitriles is 1. The third-order valence-electron chi connectivity index (χ3n) is 3.34. The lowest BCUT2D eigenvalue weighted by molar-refractivity contribution is 0.321. The summed E-state index contributed by atoms with van der Waals surface area (Å²) in [6.07, 6.45) is 3.14. The molecule has 0 unspecified atom stereocenters. The molecular formula is C13H18N2S. The Hall–Kier alpha value is -0.880. The van der Waals surface area contributed by atoms with Crippen LogP contribution in [0.1, 0.15) is 55.6 Å². The van der Waals surface area contributed by atoms with Gasteiger partial charge in [-0.25, -0.2) is 4.98 Å². The van der Waals surface area contributed by atoms with Crippen molar-refractivity contribution >= 4 is 11.3 Å². The number of hydrogen-bond donors (Lipinski definition) is 0. The highest BCUT2D eigenvalue weighted by atomic mass is 32.1. The lowest BCUT2D eigenvalue weighted by atomic mass is 9.70. The normalized spacial score (nSPS) is 18.9. The van der Waals surface area contributed by atoms with Crippen LogP contribution in [0.25, 0.3) is 0 Å². The largest absolute Gasteiger partial charge is 0.244 e. The SMILES string of the molecule is Cc1sc(C2(C#N)CCC2)nc1C(C)(C)C. The van der Waals surface area contributed by atoms with E-state index in [2.05, 4.69) is 33.8 Å². The zero-order chi connectivity index (χ0) is 12.0. The Kier molecular flexibility index (Phi) is 2.58. The Morgan fingerprint density at radius 2 is 2.00 bits per heavy atom. The highest BCUT2D eigenvalue weighted by Gasteiger charge is 2.42. The average molecular weight is 234 g/mol. The molecule has 16 heavy (non-hydrogen) atoms. The molecule has 0 aliphatic heterocycles. The minimum absolute atomic E-state index is 0.0826. The van der Waals surface area contributed by atoms with Gasteiger partial charge in [0.2, 0.25) is 0 Å². The number of hydrogen-bond acceptors (Lipinski definition) is 3. The first-order chi connectivity index (χ1) is 7.39. The molecule has 2 rings (SSSR count). The summed E-state index contributed by atoms with van der Waals surface area (Å²) in [5.41, 5.74) is 0.993. The van der Waals surface area contributed by atoms with Gasteiger partial charge in [0.05, 0.1) is 11.8 Å². The van der Waals surface area contributed by atoms with Gasteiger partial charge in [-0.1, -0.05) is 20.8 Å². The van der Waals surface area contributed by atoms with E-state index in [0.29, 0.717) is 0 Å². The van der Waals surface area contributed by atoms with E-state index >= 15 is 0 Å². The molecular weight excluding hydrogens is 216 g/mol. The summed E-state index contributed by atoms with van der Waals surface area (Å²) in [5, 5.41) is 10.4. The summed E-state index contributed by atoms with van der Waals surface area (Å²) in [4.78, 5) is 6.01. The van der Waals surface area contributed by atoms with Crippen LogP contribution in [0.2, 0.25) is 0 Å². The van der Waals surface area contributed by atoms with Crippen molar-refractivity contribution in [1.82, 2.24) is 4.98 Å². The summed E-state index contributed by atoms with van der Waals surface area (Å²) in [7, 11) is 0. The molecule has 1 fully saturated rings. The van der Waals surface area contributed by atoms with Gasteiger partial charge in [0.25, 0.3) is 0 Å². The molecule has 1 heterocycles. The Morgan fingerprint density at radius 3 is 2.31 bits per heavy atom. The third-order valence-corrected chi connectivity index (χ3v) is 4.51. The lowest BCUT2D eigenvalue weighted by Crippen LogP contribution is -2.32. The fourth-order valence-corrected chi connectivity index (χ4v) is 3.52. The van der Waals surface area contributed by atoms with Crippen molar-refractivity contribution in [2.45, 2.75) is 57.8 Å². The fourth-order valence-electron chi connectivity index (χ4n) is 2.20. The Morgan fingerprint density at radius 1 is 1.38 bits per heavy atom. The van der Waals surface area contributed by atoms with Crippen LogP contribution in [0.5, 0.6) is 0 Å². The zero-order valence-electron chi connectivity index (χ0n) is 10.4. The van der Waals surface area contributed by atoms with E-state index in [9.17, 15) is 5.26 Å². The Labute approximate surface area is 101 Å². The number of aryl methyl sites for hydroxylation is 1. The summed E-state index contributed by atoms with van der Waals surface area (Å²) in [6, 6.07) is 2.47. The number of rotatable bonds is 1. The fraction of sp³-hybridized carbons (Fsp3) is 0.692. The van der Waals surface area contributed by atoms with Gasteiger partial charge < -0.3 is 0 Å². The smallest absolute Gasteiger partial charge is 0.113 e. The first-order valence-electron chi connectivity index (χ1n) is 5.79. The molecule has 1 aromatic heterocycles. The molecule has 0 atom stereocenters. The topological polar surface area (TPSA) is 36.7 Å². The molecule has 1 aliphatic rings. The number of thiazole rings is 1. The molecule has 1 aliphatic carbocycles. The molecule has 1 saturated carbocycles. The maximum Gasteiger partial charge on any atom is 0.113 e. The van der Waals surface area contributed by atoms with E-state index in [4.69, 9.17) is 4.98 Å². The minimum atomic E-state index is -0.251. The molecule has 2 nitrogen and oxygen atoms in total. The van der Waals surface area contributed by atoms with Crippen molar-refractivity contribution in [3.8, 4) is 6.07 Å². The van der Waals surface area contributed by atoms with Gasteiger partial charge >= 0.3 is 0 Å². The van der Waals surface area contributed by atoms with Crippen LogP contribution in [-0.4, -0.2) is 4.98 Å². The van der Waals surface area contributed by atoms with Crippen molar-refractivity contribution in [2.24, 2.45) is 0 Å². The molecule has 0 radical (unpaired) electrons. The Balaban J connectivity index is 2.43. The molecule has 0 N–H and O–H groups in total. The van der Waals surface area contributed by atoms with Crippen LogP contribution in [0.15, 0.2) is 0 Å². The van der Waals surface area contributed by atoms with Crippen molar-refractivity contribution in [1.29, 1.82) is 5.26 Å². The van der Waals surface area contributed by atoms with Gasteiger partial charge in [-0.3, -0.25) is 0 Å². The number of aromatic nitrogens is 1. The number of nitrogens with zero attached hydrogens (tertiary/aromatic N) is 2. The molecule has 3 heteroatoms. The van der Waals surface area contributed by atoms with E-state index in [1.54, 1.807) is 11.3 Å². The summed E-state index contributed by atoms with van der Waals surface area (Å²) < 4.78 is 0. The molecule has 86 valence electrons. The van der Waals surface area contributed by atoms with E-state index in [-0.39, 0.29) is 10.8 Å². The first-order valence-corrected chi connectivity index (χ1v) is 6.60. The van der Waals surface area contributed by atoms with E-state index < -0.39 is 0 Å². The van der Waals surface area contributed by atoms with Gasteiger partial charge in [-0.05, 0) is 26.2 Å². The maximum absolute atomic E-state index is 9.31. The average Bonchev–Trinajstić information content (AvgIpc) is 2.46. The highest BCUT2D eigenvalue weighted by molar-refractivity contribution is 7.11. The summed E-state index contributed by atoms with van der Waals surface area (Å²) in [6.45, 7) is 8.65. The molecule has 0 aromatic carbocycles. The molecule has 0 bridgehead atoms. The first kappa shape index (κ1) is 11.6. The van der Waals surface area contributed by atoms with Gasteiger partial charge in [-0.15, -0.1) is 11.3 Å². The van der Waals surface area contributed by atoms with E-state index in [1.807, 2.05) is 0 Å². The third kappa shape index (κ3) is 1.66. The summed E-state index contributed by atoms with van der Waals surface area (Å²) in [5.74, 6) is 0. The van der Waals surface area contributed by atoms with Gasteiger partial charge in [0.15, 0.2) is 0 Å². The standard InChI is InChI=1S/C13H18N2S/c1-9-10(12(2,3)4)15-11(16-9)13(8-14)6-5-7-13/h5-7H2,1-4H3. The van der Waals surface area contributed by atoms with Crippen LogP contribution in [-0.2, 0) is 10.8 Å². The monoisotopic (exact) mass is 234 g/mol. The van der Waals surface area contributed by atoms with Gasteiger partial charge in [0.1, 0.15) is 10.4 Å². The Bertz CT molecular complexity index is 441. The quantitative estimate of drug-likeness (QED) is 0.743. The zero-order valence-corrected chi connectivity index (χ0v) is 11.2. The van der Waals surface area contributed by atoms with Crippen molar-refractivity contribution < 1.29 is 0 Å². The molecule has 1 aromatic rings. The summed E-state index contributed by atoms with van der Waals surface area (Å²) >= 11 is 1.71. The van der Waals surface area contributed by atoms with Crippen molar-refractivity contribution in [3.63, 3.8) is 0 Å². The van der Waals surface area contributed by atoms with Crippen LogP contribution < -0.4 is 0 Å². The predicted molar refractivity (Wildman–Crippen MR) is 66.7 cm³/mol. The maximum atomic E-state index is 9.31. The second-order valence-corrected chi connectivity index (χ2v) is 6.92. The van der Waals surface area contributed by atoms with Crippen LogP contribution in [0.3, 0.4) is 0 Å². The molecule has 0 spiro atoms. The second-order valence-electron chi connectivity index (χ2n) is 5.72. The van der Waals surface area contributed by atoms with E-state index in [1.165, 1.54) is 4.88 Å². The van der Waals surface area contributed by atoms with Crippen molar-refractivity contribution in [2.75, 3.05) is 0 Å². The highest BCUT2D eigenvalue weighted by Crippen LogP contribution is 2.46. The minimum Gasteiger partial charge on any atom is -0.244 e. The van der Waals surface area contributed by atoms with Crippen molar-refractivity contribution in [3.05, 3.63) is 15.6 Å². The van der Waals surface area contributed by atoms with E-state index in [0.717, 1.165) is 30.0 Å². The van der Waals surface area contributed by atoms with Crippen LogP contribution >= 0.6 is 11.3 Å². The second kappa shape index (κ2) is 3.56. The van der Waals surface area contributed by atoms with Gasteiger partial charge in [0, 0.05) is 10.3 Å². The van der Waals surface area contributed by atoms with Crippen LogP contribution in [0, 0.1) is 18.3 Å². The lowest BCUT2D eigenvalue weighted by Gasteiger charge is -2.32. The predicted octanol–water partition coefficient (Wildman–Crippen LogP) is 3.69. The molecule has 0 amide bonds. The van der Waals surface area contributed by atoms with Crippen LogP contribution in [0.4, 0.5) is 0 Å². The van der Waals surface area contributed by atoms with Gasteiger partial charge in [-0.2, -0.15) is 5.26 Å². The molecule has 0 saturated heterocycles.